The summed E-state index contributed by atoms with van der Waals surface area (Å²) in [5, 5.41) is 12.1. The summed E-state index contributed by atoms with van der Waals surface area (Å²) in [6.07, 6.45) is 2.56. The van der Waals surface area contributed by atoms with Crippen LogP contribution in [0.1, 0.15) is 24.1 Å². The molecule has 0 fully saturated rings. The molecular formula is C13H13N3O. The van der Waals surface area contributed by atoms with Gasteiger partial charge in [-0.2, -0.15) is 5.26 Å². The van der Waals surface area contributed by atoms with Gasteiger partial charge in [-0.05, 0) is 12.1 Å². The summed E-state index contributed by atoms with van der Waals surface area (Å²) in [4.78, 5) is 4.15. The van der Waals surface area contributed by atoms with E-state index in [1.165, 1.54) is 0 Å². The Morgan fingerprint density at radius 3 is 2.94 bits per heavy atom. The van der Waals surface area contributed by atoms with Gasteiger partial charge in [-0.1, -0.05) is 19.1 Å². The van der Waals surface area contributed by atoms with Crippen molar-refractivity contribution >= 4 is 5.69 Å². The summed E-state index contributed by atoms with van der Waals surface area (Å²) >= 11 is 0. The number of aromatic nitrogens is 1. The molecule has 0 saturated carbocycles. The summed E-state index contributed by atoms with van der Waals surface area (Å²) in [6.45, 7) is 2.50. The number of hydrogen-bond donors (Lipinski definition) is 1. The van der Waals surface area contributed by atoms with Crippen molar-refractivity contribution in [1.82, 2.24) is 4.98 Å². The maximum atomic E-state index is 8.93. The summed E-state index contributed by atoms with van der Waals surface area (Å²) in [5.74, 6) is 1.50. The van der Waals surface area contributed by atoms with Crippen LogP contribution in [0, 0.1) is 11.3 Å². The number of benzene rings is 1. The Bertz CT molecular complexity index is 540. The van der Waals surface area contributed by atoms with Gasteiger partial charge in [0.1, 0.15) is 11.8 Å². The molecule has 86 valence electrons. The topological polar surface area (TPSA) is 61.9 Å². The molecule has 0 aliphatic heterocycles. The molecule has 0 atom stereocenters. The summed E-state index contributed by atoms with van der Waals surface area (Å²) in [6, 6.07) is 9.49. The van der Waals surface area contributed by atoms with Gasteiger partial charge in [0.25, 0.3) is 0 Å². The van der Waals surface area contributed by atoms with E-state index in [2.05, 4.69) is 16.4 Å². The molecule has 2 aromatic rings. The number of para-hydroxylation sites is 1. The third-order valence-electron chi connectivity index (χ3n) is 2.43. The van der Waals surface area contributed by atoms with Crippen molar-refractivity contribution in [2.45, 2.75) is 19.9 Å². The molecule has 0 aliphatic carbocycles. The van der Waals surface area contributed by atoms with Crippen molar-refractivity contribution in [2.24, 2.45) is 0 Å². The smallest absolute Gasteiger partial charge is 0.213 e. The van der Waals surface area contributed by atoms with E-state index in [9.17, 15) is 0 Å². The summed E-state index contributed by atoms with van der Waals surface area (Å²) < 4.78 is 5.47. The van der Waals surface area contributed by atoms with Gasteiger partial charge in [0.2, 0.25) is 5.89 Å². The first-order valence-electron chi connectivity index (χ1n) is 5.50. The zero-order chi connectivity index (χ0) is 12.1. The van der Waals surface area contributed by atoms with Crippen LogP contribution in [-0.2, 0) is 13.0 Å². The number of anilines is 1. The molecule has 1 aromatic carbocycles. The number of oxazole rings is 1. The lowest BCUT2D eigenvalue weighted by atomic mass is 10.2. The minimum atomic E-state index is 0.485. The third kappa shape index (κ3) is 2.64. The van der Waals surface area contributed by atoms with Gasteiger partial charge in [-0.3, -0.25) is 0 Å². The largest absolute Gasteiger partial charge is 0.444 e. The van der Waals surface area contributed by atoms with Crippen LogP contribution in [0.4, 0.5) is 5.69 Å². The molecule has 1 heterocycles. The molecule has 4 heteroatoms. The second-order valence-electron chi connectivity index (χ2n) is 3.58. The van der Waals surface area contributed by atoms with Crippen molar-refractivity contribution in [3.05, 3.63) is 47.7 Å². The first-order valence-corrected chi connectivity index (χ1v) is 5.50. The van der Waals surface area contributed by atoms with Gasteiger partial charge >= 0.3 is 0 Å². The molecule has 0 amide bonds. The molecule has 0 aliphatic rings. The van der Waals surface area contributed by atoms with E-state index < -0.39 is 0 Å². The van der Waals surface area contributed by atoms with Crippen molar-refractivity contribution in [2.75, 3.05) is 5.32 Å². The van der Waals surface area contributed by atoms with Crippen LogP contribution < -0.4 is 5.32 Å². The van der Waals surface area contributed by atoms with Gasteiger partial charge in [0.05, 0.1) is 24.0 Å². The van der Waals surface area contributed by atoms with Gasteiger partial charge in [0.15, 0.2) is 0 Å². The van der Waals surface area contributed by atoms with Crippen LogP contribution in [0.3, 0.4) is 0 Å². The van der Waals surface area contributed by atoms with Gasteiger partial charge < -0.3 is 9.73 Å². The van der Waals surface area contributed by atoms with E-state index in [-0.39, 0.29) is 0 Å². The lowest BCUT2D eigenvalue weighted by Gasteiger charge is -2.04. The Morgan fingerprint density at radius 2 is 2.24 bits per heavy atom. The minimum absolute atomic E-state index is 0.485. The third-order valence-corrected chi connectivity index (χ3v) is 2.43. The van der Waals surface area contributed by atoms with Crippen LogP contribution >= 0.6 is 0 Å². The number of hydrogen-bond acceptors (Lipinski definition) is 4. The highest BCUT2D eigenvalue weighted by molar-refractivity contribution is 5.56. The number of nitrogens with zero attached hydrogens (tertiary/aromatic N) is 2. The zero-order valence-electron chi connectivity index (χ0n) is 9.60. The molecule has 2 rings (SSSR count). The molecule has 4 nitrogen and oxygen atoms in total. The highest BCUT2D eigenvalue weighted by Gasteiger charge is 2.04. The monoisotopic (exact) mass is 227 g/mol. The normalized spacial score (nSPS) is 9.88. The summed E-state index contributed by atoms with van der Waals surface area (Å²) in [5.41, 5.74) is 1.42. The standard InChI is InChI=1S/C13H13N3O/c1-2-11-8-16-13(17-11)9-15-12-6-4-3-5-10(12)7-14/h3-6,8,15H,2,9H2,1H3. The fourth-order valence-corrected chi connectivity index (χ4v) is 1.50. The van der Waals surface area contributed by atoms with Crippen molar-refractivity contribution in [3.8, 4) is 6.07 Å². The highest BCUT2D eigenvalue weighted by Crippen LogP contribution is 2.15. The maximum absolute atomic E-state index is 8.93. The summed E-state index contributed by atoms with van der Waals surface area (Å²) in [7, 11) is 0. The molecule has 0 radical (unpaired) electrons. The Balaban J connectivity index is 2.05. The van der Waals surface area contributed by atoms with Crippen LogP contribution in [0.5, 0.6) is 0 Å². The van der Waals surface area contributed by atoms with Crippen LogP contribution in [0.25, 0.3) is 0 Å². The quantitative estimate of drug-likeness (QED) is 0.872. The van der Waals surface area contributed by atoms with Gasteiger partial charge in [0, 0.05) is 6.42 Å². The van der Waals surface area contributed by atoms with Crippen molar-refractivity contribution in [3.63, 3.8) is 0 Å². The minimum Gasteiger partial charge on any atom is -0.444 e. The number of rotatable bonds is 4. The lowest BCUT2D eigenvalue weighted by molar-refractivity contribution is 0.466. The Morgan fingerprint density at radius 1 is 1.41 bits per heavy atom. The first kappa shape index (κ1) is 11.2. The van der Waals surface area contributed by atoms with E-state index in [1.807, 2.05) is 25.1 Å². The second-order valence-corrected chi connectivity index (χ2v) is 3.58. The Hall–Kier alpha value is -2.28. The molecule has 1 aromatic heterocycles. The Kier molecular flexibility index (Phi) is 3.41. The van der Waals surface area contributed by atoms with Crippen molar-refractivity contribution in [1.29, 1.82) is 5.26 Å². The average Bonchev–Trinajstić information content (AvgIpc) is 2.84. The predicted molar refractivity (Wildman–Crippen MR) is 64.4 cm³/mol. The van der Waals surface area contributed by atoms with E-state index in [0.29, 0.717) is 18.0 Å². The van der Waals surface area contributed by atoms with E-state index in [0.717, 1.165) is 17.9 Å². The zero-order valence-corrected chi connectivity index (χ0v) is 9.60. The molecule has 0 spiro atoms. The van der Waals surface area contributed by atoms with Crippen LogP contribution in [0.15, 0.2) is 34.9 Å². The van der Waals surface area contributed by atoms with Gasteiger partial charge in [-0.25, -0.2) is 4.98 Å². The number of nitrogens with one attached hydrogen (secondary N) is 1. The molecule has 1 N–H and O–H groups in total. The molecule has 0 saturated heterocycles. The molecule has 17 heavy (non-hydrogen) atoms. The predicted octanol–water partition coefficient (Wildman–Crippen LogP) is 2.72. The Labute approximate surface area is 99.9 Å². The van der Waals surface area contributed by atoms with Crippen LogP contribution in [0.2, 0.25) is 0 Å². The molecule has 0 unspecified atom stereocenters. The molecular weight excluding hydrogens is 214 g/mol. The van der Waals surface area contributed by atoms with E-state index >= 15 is 0 Å². The number of aryl methyl sites for hydroxylation is 1. The number of nitriles is 1. The lowest BCUT2D eigenvalue weighted by Crippen LogP contribution is -2.01. The maximum Gasteiger partial charge on any atom is 0.213 e. The van der Waals surface area contributed by atoms with Gasteiger partial charge in [-0.15, -0.1) is 0 Å². The fraction of sp³-hybridized carbons (Fsp3) is 0.231. The second kappa shape index (κ2) is 5.17. The van der Waals surface area contributed by atoms with Crippen molar-refractivity contribution < 1.29 is 4.42 Å². The highest BCUT2D eigenvalue weighted by atomic mass is 16.4. The fourth-order valence-electron chi connectivity index (χ4n) is 1.50. The molecule has 0 bridgehead atoms. The van der Waals surface area contributed by atoms with E-state index in [1.54, 1.807) is 12.3 Å². The van der Waals surface area contributed by atoms with Crippen LogP contribution in [-0.4, -0.2) is 4.98 Å². The first-order chi connectivity index (χ1) is 8.33. The average molecular weight is 227 g/mol. The van der Waals surface area contributed by atoms with E-state index in [4.69, 9.17) is 9.68 Å². The SMILES string of the molecule is CCc1cnc(CNc2ccccc2C#N)o1.